The highest BCUT2D eigenvalue weighted by molar-refractivity contribution is 7.90. The van der Waals surface area contributed by atoms with Crippen LogP contribution in [0.1, 0.15) is 54.9 Å². The third-order valence-electron chi connectivity index (χ3n) is 12.0. The summed E-state index contributed by atoms with van der Waals surface area (Å²) >= 11 is 0. The van der Waals surface area contributed by atoms with Gasteiger partial charge < -0.3 is 30.1 Å². The van der Waals surface area contributed by atoms with E-state index in [4.69, 9.17) is 0 Å². The Balaban J connectivity index is 0.842. The van der Waals surface area contributed by atoms with Crippen molar-refractivity contribution in [2.75, 3.05) is 72.7 Å². The van der Waals surface area contributed by atoms with Gasteiger partial charge in [-0.25, -0.2) is 23.7 Å². The van der Waals surface area contributed by atoms with Crippen molar-refractivity contribution in [1.29, 1.82) is 0 Å². The molecule has 3 aliphatic rings. The summed E-state index contributed by atoms with van der Waals surface area (Å²) in [5, 5.41) is 17.1. The number of nitrogens with one attached hydrogen (secondary N) is 4. The van der Waals surface area contributed by atoms with Crippen LogP contribution in [0.2, 0.25) is 0 Å². The zero-order valence-electron chi connectivity index (χ0n) is 35.1. The van der Waals surface area contributed by atoms with E-state index in [0.29, 0.717) is 85.2 Å². The van der Waals surface area contributed by atoms with Gasteiger partial charge in [-0.3, -0.25) is 29.2 Å². The fourth-order valence-corrected chi connectivity index (χ4v) is 9.01. The van der Waals surface area contributed by atoms with Gasteiger partial charge in [-0.05, 0) is 55.7 Å². The molecule has 3 aromatic heterocycles. The first-order valence-electron chi connectivity index (χ1n) is 20.9. The van der Waals surface area contributed by atoms with E-state index in [9.17, 15) is 32.7 Å². The number of halogens is 2. The molecule has 64 heavy (non-hydrogen) atoms. The van der Waals surface area contributed by atoms with Crippen molar-refractivity contribution in [2.45, 2.75) is 50.7 Å². The quantitative estimate of drug-likeness (QED) is 0.0845. The molecule has 0 spiro atoms. The summed E-state index contributed by atoms with van der Waals surface area (Å²) in [6.07, 6.45) is 7.27. The fraction of sp³-hybridized carbons (Fsp3) is 0.372. The van der Waals surface area contributed by atoms with Crippen molar-refractivity contribution in [3.63, 3.8) is 0 Å². The number of carbonyl (C=O) groups excluding carboxylic acids is 4. The second kappa shape index (κ2) is 17.9. The van der Waals surface area contributed by atoms with Gasteiger partial charge in [0.15, 0.2) is 11.6 Å². The van der Waals surface area contributed by atoms with Crippen molar-refractivity contribution in [3.05, 3.63) is 90.0 Å². The molecule has 6 heterocycles. The Hall–Kier alpha value is -6.58. The number of aromatic amines is 1. The van der Waals surface area contributed by atoms with E-state index < -0.39 is 45.2 Å². The molecule has 3 aliphatic heterocycles. The molecule has 1 unspecified atom stereocenters. The SMILES string of the molecule is CCN(C)S(=O)(=O)Nc1cccc(C(=O)c2c[nH]c3ncc(-c4cnc(N5CCN(C(=O)CC6(O)CCN(c7ccc(NC8CCC(=O)NC8=O)cc7F)CC6)CC5)nc4)cc23)c1F. The summed E-state index contributed by atoms with van der Waals surface area (Å²) < 4.78 is 59.1. The molecule has 2 aromatic carbocycles. The maximum atomic E-state index is 15.6. The Labute approximate surface area is 367 Å². The van der Waals surface area contributed by atoms with Gasteiger partial charge in [0.05, 0.1) is 29.0 Å². The van der Waals surface area contributed by atoms with Crippen LogP contribution < -0.4 is 25.2 Å². The van der Waals surface area contributed by atoms with E-state index in [1.807, 2.05) is 9.80 Å². The van der Waals surface area contributed by atoms with Crippen LogP contribution >= 0.6 is 0 Å². The number of pyridine rings is 1. The molecule has 5 aromatic rings. The Kier molecular flexibility index (Phi) is 12.3. The van der Waals surface area contributed by atoms with Crippen molar-refractivity contribution < 1.29 is 41.5 Å². The normalized spacial score (nSPS) is 18.0. The van der Waals surface area contributed by atoms with Gasteiger partial charge in [0, 0.05) is 112 Å². The average Bonchev–Trinajstić information content (AvgIpc) is 3.71. The second-order valence-electron chi connectivity index (χ2n) is 16.2. The zero-order valence-corrected chi connectivity index (χ0v) is 35.9. The van der Waals surface area contributed by atoms with Gasteiger partial charge in [-0.15, -0.1) is 0 Å². The van der Waals surface area contributed by atoms with Crippen molar-refractivity contribution in [1.82, 2.24) is 34.5 Å². The number of rotatable bonds is 13. The summed E-state index contributed by atoms with van der Waals surface area (Å²) in [4.78, 5) is 72.6. The monoisotopic (exact) mass is 899 g/mol. The molecule has 5 N–H and O–H groups in total. The lowest BCUT2D eigenvalue weighted by atomic mass is 9.87. The van der Waals surface area contributed by atoms with Crippen molar-refractivity contribution in [3.8, 4) is 11.1 Å². The number of anilines is 4. The number of ketones is 1. The molecular formula is C43H47F2N11O7S. The van der Waals surface area contributed by atoms with Crippen LogP contribution in [0.5, 0.6) is 0 Å². The molecule has 0 aliphatic carbocycles. The number of piperazine rings is 1. The van der Waals surface area contributed by atoms with Crippen LogP contribution in [0.25, 0.3) is 22.2 Å². The molecule has 1 atom stereocenters. The van der Waals surface area contributed by atoms with E-state index >= 15 is 8.78 Å². The minimum atomic E-state index is -4.04. The van der Waals surface area contributed by atoms with Crippen LogP contribution in [0, 0.1) is 11.6 Å². The molecule has 3 fully saturated rings. The van der Waals surface area contributed by atoms with E-state index in [1.54, 1.807) is 48.6 Å². The predicted molar refractivity (Wildman–Crippen MR) is 234 cm³/mol. The van der Waals surface area contributed by atoms with Gasteiger partial charge in [-0.1, -0.05) is 13.0 Å². The van der Waals surface area contributed by atoms with Gasteiger partial charge >= 0.3 is 10.2 Å². The Bertz CT molecular complexity index is 2720. The van der Waals surface area contributed by atoms with Crippen molar-refractivity contribution >= 4 is 67.8 Å². The molecule has 8 rings (SSSR count). The lowest BCUT2D eigenvalue weighted by Crippen LogP contribution is -2.52. The first-order valence-corrected chi connectivity index (χ1v) is 22.3. The van der Waals surface area contributed by atoms with Gasteiger partial charge in [0.25, 0.3) is 0 Å². The number of benzene rings is 2. The number of hydrogen-bond acceptors (Lipinski definition) is 13. The predicted octanol–water partition coefficient (Wildman–Crippen LogP) is 3.42. The summed E-state index contributed by atoms with van der Waals surface area (Å²) in [7, 11) is -2.69. The maximum absolute atomic E-state index is 15.6. The lowest BCUT2D eigenvalue weighted by molar-refractivity contribution is -0.138. The number of piperidine rings is 2. The fourth-order valence-electron chi connectivity index (χ4n) is 8.08. The molecule has 336 valence electrons. The molecule has 0 radical (unpaired) electrons. The molecule has 18 nitrogen and oxygen atoms in total. The van der Waals surface area contributed by atoms with Gasteiger partial charge in [0.1, 0.15) is 17.5 Å². The number of fused-ring (bicyclic) bond motifs is 1. The summed E-state index contributed by atoms with van der Waals surface area (Å²) in [5.74, 6) is -2.66. The third kappa shape index (κ3) is 9.22. The first-order chi connectivity index (χ1) is 30.6. The summed E-state index contributed by atoms with van der Waals surface area (Å²) in [6.45, 7) is 4.19. The smallest absolute Gasteiger partial charge is 0.301 e. The number of imide groups is 1. The van der Waals surface area contributed by atoms with E-state index in [2.05, 4.69) is 35.3 Å². The number of carbonyl (C=O) groups is 4. The average molecular weight is 900 g/mol. The molecule has 3 saturated heterocycles. The van der Waals surface area contributed by atoms with Gasteiger partial charge in [0.2, 0.25) is 23.7 Å². The van der Waals surface area contributed by atoms with E-state index in [0.717, 1.165) is 4.31 Å². The van der Waals surface area contributed by atoms with Crippen LogP contribution in [0.4, 0.5) is 31.8 Å². The minimum absolute atomic E-state index is 0.0596. The maximum Gasteiger partial charge on any atom is 0.301 e. The van der Waals surface area contributed by atoms with Crippen LogP contribution in [0.15, 0.2) is 67.3 Å². The van der Waals surface area contributed by atoms with Crippen molar-refractivity contribution in [2.24, 2.45) is 0 Å². The molecule has 21 heteroatoms. The zero-order chi connectivity index (χ0) is 45.3. The second-order valence-corrected chi connectivity index (χ2v) is 18.0. The Morgan fingerprint density at radius 1 is 0.938 bits per heavy atom. The van der Waals surface area contributed by atoms with Crippen LogP contribution in [0.3, 0.4) is 0 Å². The van der Waals surface area contributed by atoms with Gasteiger partial charge in [-0.2, -0.15) is 12.7 Å². The lowest BCUT2D eigenvalue weighted by Gasteiger charge is -2.41. The molecule has 0 bridgehead atoms. The molecule has 0 saturated carbocycles. The Morgan fingerprint density at radius 2 is 1.66 bits per heavy atom. The highest BCUT2D eigenvalue weighted by Crippen LogP contribution is 2.33. The molecular weight excluding hydrogens is 853 g/mol. The highest BCUT2D eigenvalue weighted by atomic mass is 32.2. The molecule has 3 amide bonds. The number of aliphatic hydroxyl groups is 1. The number of amides is 3. The third-order valence-corrected chi connectivity index (χ3v) is 13.6. The number of aromatic nitrogens is 4. The summed E-state index contributed by atoms with van der Waals surface area (Å²) in [6, 6.07) is 9.61. The largest absolute Gasteiger partial charge is 0.389 e. The highest BCUT2D eigenvalue weighted by Gasteiger charge is 2.37. The number of nitrogens with zero attached hydrogens (tertiary/aromatic N) is 7. The topological polar surface area (TPSA) is 226 Å². The standard InChI is InChI=1S/C43H47F2N11O7S/c1-3-53(2)64(62,63)52-33-6-4-5-29(38(33)45)39(59)31-25-47-40-30(31)19-26(22-46-40)27-23-48-42(49-24-27)56-17-15-55(16-18-56)37(58)21-43(61)11-13-54(14-12-43)35-9-7-28(20-32(35)44)50-34-8-10-36(57)51-41(34)60/h4-7,9,19-20,22-25,34,50,52,61H,3,8,10-18,21H2,1-2H3,(H,46,47)(H,51,57,60). The minimum Gasteiger partial charge on any atom is -0.389 e. The summed E-state index contributed by atoms with van der Waals surface area (Å²) in [5.41, 5.74) is 0.583. The number of H-pyrrole nitrogens is 1. The van der Waals surface area contributed by atoms with Crippen LogP contribution in [-0.2, 0) is 24.6 Å². The van der Waals surface area contributed by atoms with E-state index in [-0.39, 0.29) is 60.9 Å². The first kappa shape index (κ1) is 44.0. The Morgan fingerprint density at radius 3 is 2.34 bits per heavy atom. The van der Waals surface area contributed by atoms with E-state index in [1.165, 1.54) is 37.5 Å². The number of hydrogen-bond donors (Lipinski definition) is 5. The van der Waals surface area contributed by atoms with Crippen LogP contribution in [-0.4, -0.2) is 131 Å².